The summed E-state index contributed by atoms with van der Waals surface area (Å²) in [4.78, 5) is 0. The summed E-state index contributed by atoms with van der Waals surface area (Å²) < 4.78 is 7.14. The van der Waals surface area contributed by atoms with Crippen LogP contribution in [0.3, 0.4) is 0 Å². The molecule has 19 heavy (non-hydrogen) atoms. The number of benzene rings is 2. The molecule has 2 nitrogen and oxygen atoms in total. The molecule has 0 fully saturated rings. The van der Waals surface area contributed by atoms with Crippen molar-refractivity contribution in [1.82, 2.24) is 0 Å². The first-order chi connectivity index (χ1) is 9.10. The van der Waals surface area contributed by atoms with Crippen LogP contribution in [-0.2, 0) is 6.54 Å². The minimum atomic E-state index is 0.710. The van der Waals surface area contributed by atoms with E-state index in [0.717, 1.165) is 25.9 Å². The highest BCUT2D eigenvalue weighted by molar-refractivity contribution is 9.11. The van der Waals surface area contributed by atoms with Crippen molar-refractivity contribution in [3.05, 3.63) is 55.9 Å². The molecule has 0 aliphatic heterocycles. The SMILES string of the molecule is COc1ccc(CNc2cc(Cl)ccc2Br)cc1Br. The summed E-state index contributed by atoms with van der Waals surface area (Å²) in [7, 11) is 1.65. The zero-order chi connectivity index (χ0) is 13.8. The van der Waals surface area contributed by atoms with E-state index in [1.807, 2.05) is 36.4 Å². The predicted octanol–water partition coefficient (Wildman–Crippen LogP) is 5.49. The Hall–Kier alpha value is -0.710. The Morgan fingerprint density at radius 2 is 1.89 bits per heavy atom. The highest BCUT2D eigenvalue weighted by atomic mass is 79.9. The number of anilines is 1. The summed E-state index contributed by atoms with van der Waals surface area (Å²) in [6, 6.07) is 11.7. The van der Waals surface area contributed by atoms with E-state index in [-0.39, 0.29) is 0 Å². The van der Waals surface area contributed by atoms with Crippen molar-refractivity contribution in [2.24, 2.45) is 0 Å². The van der Waals surface area contributed by atoms with Gasteiger partial charge in [-0.3, -0.25) is 0 Å². The van der Waals surface area contributed by atoms with Gasteiger partial charge in [0.2, 0.25) is 0 Å². The third-order valence-electron chi connectivity index (χ3n) is 2.63. The van der Waals surface area contributed by atoms with Gasteiger partial charge in [-0.25, -0.2) is 0 Å². The Balaban J connectivity index is 2.10. The van der Waals surface area contributed by atoms with Crippen molar-refractivity contribution in [1.29, 1.82) is 0 Å². The Morgan fingerprint density at radius 3 is 2.58 bits per heavy atom. The first-order valence-corrected chi connectivity index (χ1v) is 7.58. The van der Waals surface area contributed by atoms with Gasteiger partial charge in [0.15, 0.2) is 0 Å². The minimum absolute atomic E-state index is 0.710. The van der Waals surface area contributed by atoms with Crippen molar-refractivity contribution < 1.29 is 4.74 Å². The van der Waals surface area contributed by atoms with E-state index in [0.29, 0.717) is 11.6 Å². The standard InChI is InChI=1S/C14H12Br2ClNO/c1-19-14-5-2-9(6-12(14)16)8-18-13-7-10(17)3-4-11(13)15/h2-7,18H,8H2,1H3. The molecule has 0 atom stereocenters. The molecule has 0 aromatic heterocycles. The number of hydrogen-bond acceptors (Lipinski definition) is 2. The van der Waals surface area contributed by atoms with Crippen molar-refractivity contribution >= 4 is 49.1 Å². The quantitative estimate of drug-likeness (QED) is 0.727. The van der Waals surface area contributed by atoms with E-state index in [9.17, 15) is 0 Å². The molecular formula is C14H12Br2ClNO. The molecule has 0 amide bonds. The number of halogens is 3. The molecular weight excluding hydrogens is 393 g/mol. The van der Waals surface area contributed by atoms with Crippen molar-refractivity contribution in [2.75, 3.05) is 12.4 Å². The van der Waals surface area contributed by atoms with Crippen molar-refractivity contribution in [3.8, 4) is 5.75 Å². The molecule has 0 saturated carbocycles. The van der Waals surface area contributed by atoms with Crippen LogP contribution in [-0.4, -0.2) is 7.11 Å². The van der Waals surface area contributed by atoms with E-state index in [1.54, 1.807) is 7.11 Å². The van der Waals surface area contributed by atoms with Gasteiger partial charge in [0, 0.05) is 16.0 Å². The molecule has 0 heterocycles. The van der Waals surface area contributed by atoms with Gasteiger partial charge in [-0.05, 0) is 67.8 Å². The predicted molar refractivity (Wildman–Crippen MR) is 87.2 cm³/mol. The van der Waals surface area contributed by atoms with Crippen LogP contribution in [0.4, 0.5) is 5.69 Å². The molecule has 2 aromatic rings. The molecule has 0 bridgehead atoms. The smallest absolute Gasteiger partial charge is 0.133 e. The molecule has 1 N–H and O–H groups in total. The zero-order valence-electron chi connectivity index (χ0n) is 10.2. The summed E-state index contributed by atoms with van der Waals surface area (Å²) in [5, 5.41) is 4.05. The molecule has 0 spiro atoms. The Bertz CT molecular complexity index is 590. The average Bonchev–Trinajstić information content (AvgIpc) is 2.40. The second kappa shape index (κ2) is 6.64. The lowest BCUT2D eigenvalue weighted by atomic mass is 10.2. The molecule has 2 rings (SSSR count). The molecule has 0 saturated heterocycles. The fourth-order valence-corrected chi connectivity index (χ4v) is 2.80. The molecule has 100 valence electrons. The monoisotopic (exact) mass is 403 g/mol. The lowest BCUT2D eigenvalue weighted by Gasteiger charge is -2.10. The molecule has 0 aliphatic rings. The molecule has 0 aliphatic carbocycles. The lowest BCUT2D eigenvalue weighted by molar-refractivity contribution is 0.412. The molecule has 5 heteroatoms. The van der Waals surface area contributed by atoms with Crippen molar-refractivity contribution in [3.63, 3.8) is 0 Å². The fraction of sp³-hybridized carbons (Fsp3) is 0.143. The molecule has 0 unspecified atom stereocenters. The summed E-state index contributed by atoms with van der Waals surface area (Å²) in [6.07, 6.45) is 0. The third kappa shape index (κ3) is 3.88. The number of hydrogen-bond donors (Lipinski definition) is 1. The Labute approximate surface area is 134 Å². The number of ether oxygens (including phenoxy) is 1. The molecule has 0 radical (unpaired) electrons. The van der Waals surface area contributed by atoms with E-state index in [1.165, 1.54) is 0 Å². The van der Waals surface area contributed by atoms with E-state index in [2.05, 4.69) is 37.2 Å². The molecule has 2 aromatic carbocycles. The van der Waals surface area contributed by atoms with Gasteiger partial charge in [0.05, 0.1) is 17.3 Å². The van der Waals surface area contributed by atoms with E-state index in [4.69, 9.17) is 16.3 Å². The summed E-state index contributed by atoms with van der Waals surface area (Å²) in [5.41, 5.74) is 2.12. The third-order valence-corrected chi connectivity index (χ3v) is 4.17. The van der Waals surface area contributed by atoms with Gasteiger partial charge in [0.25, 0.3) is 0 Å². The second-order valence-electron chi connectivity index (χ2n) is 3.95. The van der Waals surface area contributed by atoms with Gasteiger partial charge < -0.3 is 10.1 Å². The van der Waals surface area contributed by atoms with Crippen molar-refractivity contribution in [2.45, 2.75) is 6.54 Å². The Kier molecular flexibility index (Phi) is 5.13. The van der Waals surface area contributed by atoms with Crippen LogP contribution < -0.4 is 10.1 Å². The van der Waals surface area contributed by atoms with E-state index >= 15 is 0 Å². The lowest BCUT2D eigenvalue weighted by Crippen LogP contribution is -2.00. The summed E-state index contributed by atoms with van der Waals surface area (Å²) in [6.45, 7) is 0.710. The van der Waals surface area contributed by atoms with Crippen LogP contribution in [0.15, 0.2) is 45.3 Å². The maximum Gasteiger partial charge on any atom is 0.133 e. The van der Waals surface area contributed by atoms with Gasteiger partial charge in [-0.1, -0.05) is 17.7 Å². The highest BCUT2D eigenvalue weighted by Crippen LogP contribution is 2.28. The van der Waals surface area contributed by atoms with E-state index < -0.39 is 0 Å². The fourth-order valence-electron chi connectivity index (χ4n) is 1.65. The summed E-state index contributed by atoms with van der Waals surface area (Å²) >= 11 is 12.9. The van der Waals surface area contributed by atoms with Crippen LogP contribution in [0.5, 0.6) is 5.75 Å². The minimum Gasteiger partial charge on any atom is -0.496 e. The maximum absolute atomic E-state index is 5.98. The number of rotatable bonds is 4. The maximum atomic E-state index is 5.98. The normalized spacial score (nSPS) is 10.3. The van der Waals surface area contributed by atoms with Crippen LogP contribution in [0.2, 0.25) is 5.02 Å². The van der Waals surface area contributed by atoms with Gasteiger partial charge in [-0.15, -0.1) is 0 Å². The first-order valence-electron chi connectivity index (χ1n) is 5.61. The average molecular weight is 406 g/mol. The highest BCUT2D eigenvalue weighted by Gasteiger charge is 2.03. The second-order valence-corrected chi connectivity index (χ2v) is 6.09. The number of nitrogens with one attached hydrogen (secondary N) is 1. The summed E-state index contributed by atoms with van der Waals surface area (Å²) in [5.74, 6) is 0.827. The van der Waals surface area contributed by atoms with Crippen LogP contribution in [0.25, 0.3) is 0 Å². The van der Waals surface area contributed by atoms with Gasteiger partial charge in [0.1, 0.15) is 5.75 Å². The first kappa shape index (κ1) is 14.7. The van der Waals surface area contributed by atoms with Crippen LogP contribution in [0, 0.1) is 0 Å². The largest absolute Gasteiger partial charge is 0.496 e. The van der Waals surface area contributed by atoms with Crippen LogP contribution >= 0.6 is 43.5 Å². The number of methoxy groups -OCH3 is 1. The van der Waals surface area contributed by atoms with Gasteiger partial charge >= 0.3 is 0 Å². The topological polar surface area (TPSA) is 21.3 Å². The zero-order valence-corrected chi connectivity index (χ0v) is 14.1. The Morgan fingerprint density at radius 1 is 1.11 bits per heavy atom. The van der Waals surface area contributed by atoms with Gasteiger partial charge in [-0.2, -0.15) is 0 Å². The van der Waals surface area contributed by atoms with Crippen LogP contribution in [0.1, 0.15) is 5.56 Å².